The topological polar surface area (TPSA) is 66.2 Å². The Kier molecular flexibility index (Phi) is 5.90. The molecule has 1 aliphatic carbocycles. The van der Waals surface area contributed by atoms with Crippen LogP contribution in [0, 0.1) is 5.92 Å². The van der Waals surface area contributed by atoms with Crippen molar-refractivity contribution in [3.05, 3.63) is 36.0 Å². The van der Waals surface area contributed by atoms with Gasteiger partial charge in [-0.1, -0.05) is 24.6 Å². The number of H-pyrrole nitrogens is 1. The Morgan fingerprint density at radius 3 is 2.86 bits per heavy atom. The lowest BCUT2D eigenvalue weighted by Gasteiger charge is -2.23. The maximum Gasteiger partial charge on any atom is 0.188 e. The molecule has 1 aromatic carbocycles. The van der Waals surface area contributed by atoms with Gasteiger partial charge in [0.15, 0.2) is 5.96 Å². The summed E-state index contributed by atoms with van der Waals surface area (Å²) < 4.78 is 0. The summed E-state index contributed by atoms with van der Waals surface area (Å²) in [4.78, 5) is 7.81. The van der Waals surface area contributed by atoms with Crippen LogP contribution in [0.25, 0.3) is 10.9 Å². The molecule has 0 bridgehead atoms. The predicted octanol–water partition coefficient (Wildman–Crippen LogP) is 3.03. The zero-order valence-corrected chi connectivity index (χ0v) is 14.5. The number of hydrogen-bond donors (Lipinski definition) is 3. The Morgan fingerprint density at radius 1 is 1.33 bits per heavy atom. The van der Waals surface area contributed by atoms with Crippen LogP contribution in [0.5, 0.6) is 0 Å². The summed E-state index contributed by atoms with van der Waals surface area (Å²) in [6.07, 6.45) is 4.90. The molecule has 4 nitrogen and oxygen atoms in total. The summed E-state index contributed by atoms with van der Waals surface area (Å²) in [5.41, 5.74) is 8.29. The number of nitrogens with two attached hydrogens (primary N) is 1. The van der Waals surface area contributed by atoms with Crippen LogP contribution < -0.4 is 11.1 Å². The van der Waals surface area contributed by atoms with Crippen LogP contribution in [0.3, 0.4) is 0 Å². The molecule has 1 heterocycles. The molecule has 1 aliphatic rings. The summed E-state index contributed by atoms with van der Waals surface area (Å²) in [6.45, 7) is 1.69. The normalized spacial score (nSPS) is 15.5. The first-order valence-corrected chi connectivity index (χ1v) is 7.42. The molecule has 1 fully saturated rings. The van der Waals surface area contributed by atoms with E-state index < -0.39 is 0 Å². The van der Waals surface area contributed by atoms with Gasteiger partial charge in [0.05, 0.1) is 0 Å². The third kappa shape index (κ3) is 4.36. The fourth-order valence-corrected chi connectivity index (χ4v) is 2.55. The van der Waals surface area contributed by atoms with Gasteiger partial charge in [0.1, 0.15) is 0 Å². The number of nitrogens with zero attached hydrogens (tertiary/aromatic N) is 1. The minimum absolute atomic E-state index is 0. The molecule has 2 aromatic rings. The molecule has 0 saturated heterocycles. The first-order chi connectivity index (χ1) is 9.81. The van der Waals surface area contributed by atoms with E-state index in [4.69, 9.17) is 5.73 Å². The number of benzene rings is 1. The summed E-state index contributed by atoms with van der Waals surface area (Å²) in [7, 11) is 0. The van der Waals surface area contributed by atoms with E-state index in [9.17, 15) is 0 Å². The second-order valence-electron chi connectivity index (χ2n) is 5.58. The van der Waals surface area contributed by atoms with Gasteiger partial charge in [0.2, 0.25) is 0 Å². The number of para-hydroxylation sites is 1. The van der Waals surface area contributed by atoms with Gasteiger partial charge in [-0.15, -0.1) is 24.0 Å². The molecule has 0 amide bonds. The maximum atomic E-state index is 5.87. The Balaban J connectivity index is 0.00000161. The highest BCUT2D eigenvalue weighted by atomic mass is 127. The van der Waals surface area contributed by atoms with Crippen molar-refractivity contribution in [2.75, 3.05) is 13.1 Å². The van der Waals surface area contributed by atoms with Crippen molar-refractivity contribution in [3.8, 4) is 0 Å². The van der Waals surface area contributed by atoms with E-state index in [1.54, 1.807) is 0 Å². The minimum atomic E-state index is 0. The van der Waals surface area contributed by atoms with E-state index in [-0.39, 0.29) is 24.0 Å². The van der Waals surface area contributed by atoms with Crippen LogP contribution in [0.2, 0.25) is 0 Å². The Hall–Kier alpha value is -1.24. The highest BCUT2D eigenvalue weighted by Gasteiger charge is 2.16. The monoisotopic (exact) mass is 398 g/mol. The van der Waals surface area contributed by atoms with Crippen LogP contribution >= 0.6 is 24.0 Å². The van der Waals surface area contributed by atoms with Crippen LogP contribution in [0.4, 0.5) is 0 Å². The lowest BCUT2D eigenvalue weighted by Crippen LogP contribution is -2.34. The van der Waals surface area contributed by atoms with E-state index >= 15 is 0 Å². The summed E-state index contributed by atoms with van der Waals surface area (Å²) in [5.74, 6) is 1.34. The zero-order chi connectivity index (χ0) is 13.8. The number of nitrogens with one attached hydrogen (secondary N) is 2. The third-order valence-electron chi connectivity index (χ3n) is 4.03. The van der Waals surface area contributed by atoms with Crippen molar-refractivity contribution in [1.29, 1.82) is 0 Å². The number of aromatic nitrogens is 1. The lowest BCUT2D eigenvalue weighted by atomic mass is 9.86. The maximum absolute atomic E-state index is 5.87. The molecular weight excluding hydrogens is 375 g/mol. The number of fused-ring (bicyclic) bond motifs is 1. The van der Waals surface area contributed by atoms with Crippen LogP contribution in [0.15, 0.2) is 35.3 Å². The van der Waals surface area contributed by atoms with E-state index in [2.05, 4.69) is 39.6 Å². The van der Waals surface area contributed by atoms with Gasteiger partial charge in [0, 0.05) is 30.7 Å². The molecule has 114 valence electrons. The van der Waals surface area contributed by atoms with E-state index in [0.29, 0.717) is 5.96 Å². The van der Waals surface area contributed by atoms with E-state index in [1.165, 1.54) is 35.9 Å². The van der Waals surface area contributed by atoms with Crippen molar-refractivity contribution in [1.82, 2.24) is 10.3 Å². The van der Waals surface area contributed by atoms with E-state index in [0.717, 1.165) is 25.4 Å². The number of halogens is 1. The first-order valence-electron chi connectivity index (χ1n) is 7.42. The summed E-state index contributed by atoms with van der Waals surface area (Å²) in [6, 6.07) is 10.5. The van der Waals surface area contributed by atoms with Gasteiger partial charge >= 0.3 is 0 Å². The average Bonchev–Trinajstić information content (AvgIpc) is 2.79. The molecule has 0 unspecified atom stereocenters. The molecule has 3 rings (SSSR count). The molecule has 1 saturated carbocycles. The molecule has 0 atom stereocenters. The van der Waals surface area contributed by atoms with Crippen LogP contribution in [-0.2, 0) is 6.42 Å². The molecule has 21 heavy (non-hydrogen) atoms. The van der Waals surface area contributed by atoms with Gasteiger partial charge in [0.25, 0.3) is 0 Å². The highest BCUT2D eigenvalue weighted by Crippen LogP contribution is 2.26. The fourth-order valence-electron chi connectivity index (χ4n) is 2.55. The standard InChI is InChI=1S/C16H22N4.HI/c17-16(19-11-12-4-3-5-12)18-9-8-14-10-13-6-1-2-7-15(13)20-14;/h1-2,6-7,10,12,20H,3-5,8-9,11H2,(H3,17,18,19);1H. The SMILES string of the molecule is I.NC(=NCC1CCC1)NCCc1cc2ccccc2[nH]1. The van der Waals surface area contributed by atoms with Crippen LogP contribution in [0.1, 0.15) is 25.0 Å². The first kappa shape index (κ1) is 16.1. The number of aliphatic imine (C=N–C) groups is 1. The van der Waals surface area contributed by atoms with Crippen LogP contribution in [-0.4, -0.2) is 24.0 Å². The quantitative estimate of drug-likeness (QED) is 0.412. The molecule has 1 aromatic heterocycles. The predicted molar refractivity (Wildman–Crippen MR) is 99.3 cm³/mol. The molecule has 0 spiro atoms. The van der Waals surface area contributed by atoms with Gasteiger partial charge in [-0.3, -0.25) is 4.99 Å². The molecule has 0 radical (unpaired) electrons. The van der Waals surface area contributed by atoms with Gasteiger partial charge in [-0.2, -0.15) is 0 Å². The fraction of sp³-hybridized carbons (Fsp3) is 0.438. The van der Waals surface area contributed by atoms with Crippen molar-refractivity contribution >= 4 is 40.8 Å². The second kappa shape index (κ2) is 7.68. The second-order valence-corrected chi connectivity index (χ2v) is 5.58. The van der Waals surface area contributed by atoms with Crippen molar-refractivity contribution in [2.45, 2.75) is 25.7 Å². The van der Waals surface area contributed by atoms with Crippen molar-refractivity contribution in [3.63, 3.8) is 0 Å². The number of hydrogen-bond acceptors (Lipinski definition) is 1. The Bertz CT molecular complexity index is 568. The highest BCUT2D eigenvalue weighted by molar-refractivity contribution is 14.0. The Labute approximate surface area is 142 Å². The minimum Gasteiger partial charge on any atom is -0.370 e. The molecule has 5 heteroatoms. The number of aromatic amines is 1. The van der Waals surface area contributed by atoms with Crippen molar-refractivity contribution < 1.29 is 0 Å². The van der Waals surface area contributed by atoms with E-state index in [1.807, 2.05) is 6.07 Å². The van der Waals surface area contributed by atoms with Gasteiger partial charge < -0.3 is 16.0 Å². The lowest BCUT2D eigenvalue weighted by molar-refractivity contribution is 0.326. The largest absolute Gasteiger partial charge is 0.370 e. The van der Waals surface area contributed by atoms with Crippen molar-refractivity contribution in [2.24, 2.45) is 16.6 Å². The zero-order valence-electron chi connectivity index (χ0n) is 12.1. The number of rotatable bonds is 5. The Morgan fingerprint density at radius 2 is 2.14 bits per heavy atom. The molecular formula is C16H23IN4. The van der Waals surface area contributed by atoms with Gasteiger partial charge in [-0.05, 0) is 36.3 Å². The molecule has 0 aliphatic heterocycles. The number of guanidine groups is 1. The average molecular weight is 398 g/mol. The summed E-state index contributed by atoms with van der Waals surface area (Å²) >= 11 is 0. The molecule has 4 N–H and O–H groups in total. The van der Waals surface area contributed by atoms with Gasteiger partial charge in [-0.25, -0.2) is 0 Å². The summed E-state index contributed by atoms with van der Waals surface area (Å²) in [5, 5.41) is 4.45. The smallest absolute Gasteiger partial charge is 0.188 e. The third-order valence-corrected chi connectivity index (χ3v) is 4.03.